The Labute approximate surface area is 114 Å². The van der Waals surface area contributed by atoms with E-state index in [1.165, 1.54) is 12.1 Å². The lowest BCUT2D eigenvalue weighted by Gasteiger charge is -2.13. The summed E-state index contributed by atoms with van der Waals surface area (Å²) in [4.78, 5) is 0. The Bertz CT molecular complexity index is 365. The van der Waals surface area contributed by atoms with Crippen LogP contribution in [0.4, 0.5) is 4.39 Å². The largest absolute Gasteiger partial charge is 0.488 e. The second-order valence-electron chi connectivity index (χ2n) is 3.74. The number of aliphatic hydroxyl groups is 1. The maximum atomic E-state index is 13.3. The van der Waals surface area contributed by atoms with Gasteiger partial charge in [-0.3, -0.25) is 0 Å². The average molecular weight is 322 g/mol. The Hall–Kier alpha value is -0.690. The van der Waals surface area contributed by atoms with Gasteiger partial charge in [0, 0.05) is 24.7 Å². The van der Waals surface area contributed by atoms with Gasteiger partial charge in [-0.25, -0.2) is 4.39 Å². The topological polar surface area (TPSA) is 50.7 Å². The first-order valence-electron chi connectivity index (χ1n) is 5.59. The first kappa shape index (κ1) is 15.4. The SMILES string of the molecule is COCCNCC(O)COc1cc(Br)ccc1F. The van der Waals surface area contributed by atoms with Gasteiger partial charge >= 0.3 is 0 Å². The highest BCUT2D eigenvalue weighted by Crippen LogP contribution is 2.22. The standard InChI is InChI=1S/C12H17BrFNO3/c1-17-5-4-15-7-10(16)8-18-12-6-9(13)2-3-11(12)14/h2-3,6,10,15-16H,4-5,7-8H2,1H3. The summed E-state index contributed by atoms with van der Waals surface area (Å²) < 4.78 is 24.1. The van der Waals surface area contributed by atoms with E-state index in [2.05, 4.69) is 21.2 Å². The van der Waals surface area contributed by atoms with Gasteiger partial charge in [-0.1, -0.05) is 15.9 Å². The van der Waals surface area contributed by atoms with Crippen molar-refractivity contribution < 1.29 is 19.0 Å². The third kappa shape index (κ3) is 5.77. The molecule has 0 saturated heterocycles. The first-order chi connectivity index (χ1) is 8.63. The predicted molar refractivity (Wildman–Crippen MR) is 70.3 cm³/mol. The zero-order valence-corrected chi connectivity index (χ0v) is 11.7. The van der Waals surface area contributed by atoms with E-state index < -0.39 is 11.9 Å². The molecule has 0 heterocycles. The number of nitrogens with one attached hydrogen (secondary N) is 1. The molecule has 0 saturated carbocycles. The van der Waals surface area contributed by atoms with Crippen LogP contribution >= 0.6 is 15.9 Å². The molecule has 6 heteroatoms. The van der Waals surface area contributed by atoms with Crippen molar-refractivity contribution >= 4 is 15.9 Å². The Kier molecular flexibility index (Phi) is 7.19. The molecule has 0 aliphatic heterocycles. The minimum Gasteiger partial charge on any atom is -0.488 e. The van der Waals surface area contributed by atoms with Crippen molar-refractivity contribution in [3.63, 3.8) is 0 Å². The van der Waals surface area contributed by atoms with Gasteiger partial charge in [0.15, 0.2) is 11.6 Å². The summed E-state index contributed by atoms with van der Waals surface area (Å²) in [5.41, 5.74) is 0. The van der Waals surface area contributed by atoms with Crippen LogP contribution in [0.5, 0.6) is 5.75 Å². The molecule has 1 aromatic carbocycles. The zero-order valence-electron chi connectivity index (χ0n) is 10.2. The molecule has 102 valence electrons. The molecule has 0 fully saturated rings. The number of aliphatic hydroxyl groups excluding tert-OH is 1. The molecule has 4 nitrogen and oxygen atoms in total. The summed E-state index contributed by atoms with van der Waals surface area (Å²) in [6.07, 6.45) is -0.694. The van der Waals surface area contributed by atoms with Crippen molar-refractivity contribution in [1.29, 1.82) is 0 Å². The third-order valence-corrected chi connectivity index (χ3v) is 2.68. The summed E-state index contributed by atoms with van der Waals surface area (Å²) >= 11 is 3.23. The van der Waals surface area contributed by atoms with Gasteiger partial charge in [-0.05, 0) is 18.2 Å². The highest BCUT2D eigenvalue weighted by molar-refractivity contribution is 9.10. The summed E-state index contributed by atoms with van der Waals surface area (Å²) in [6.45, 7) is 1.64. The molecule has 0 spiro atoms. The number of methoxy groups -OCH3 is 1. The second kappa shape index (κ2) is 8.42. The van der Waals surface area contributed by atoms with Crippen molar-refractivity contribution in [2.24, 2.45) is 0 Å². The molecule has 18 heavy (non-hydrogen) atoms. The number of ether oxygens (including phenoxy) is 2. The van der Waals surface area contributed by atoms with E-state index in [0.717, 1.165) is 4.47 Å². The van der Waals surface area contributed by atoms with Crippen LogP contribution in [0, 0.1) is 5.82 Å². The average Bonchev–Trinajstić information content (AvgIpc) is 2.36. The van der Waals surface area contributed by atoms with Gasteiger partial charge in [0.25, 0.3) is 0 Å². The van der Waals surface area contributed by atoms with Gasteiger partial charge in [-0.2, -0.15) is 0 Å². The molecule has 0 amide bonds. The number of rotatable bonds is 8. The number of benzene rings is 1. The fourth-order valence-corrected chi connectivity index (χ4v) is 1.62. The second-order valence-corrected chi connectivity index (χ2v) is 4.65. The Morgan fingerprint density at radius 3 is 3.00 bits per heavy atom. The minimum absolute atomic E-state index is 0.0351. The lowest BCUT2D eigenvalue weighted by molar-refractivity contribution is 0.101. The van der Waals surface area contributed by atoms with Gasteiger partial charge in [-0.15, -0.1) is 0 Å². The summed E-state index contributed by atoms with van der Waals surface area (Å²) in [5, 5.41) is 12.6. The minimum atomic E-state index is -0.694. The molecule has 0 aromatic heterocycles. The smallest absolute Gasteiger partial charge is 0.165 e. The van der Waals surface area contributed by atoms with Crippen LogP contribution in [0.3, 0.4) is 0 Å². The van der Waals surface area contributed by atoms with E-state index >= 15 is 0 Å². The number of halogens is 2. The highest BCUT2D eigenvalue weighted by atomic mass is 79.9. The molecule has 1 atom stereocenters. The quantitative estimate of drug-likeness (QED) is 0.714. The molecule has 0 aliphatic rings. The van der Waals surface area contributed by atoms with E-state index in [-0.39, 0.29) is 12.4 Å². The van der Waals surface area contributed by atoms with Crippen molar-refractivity contribution in [3.8, 4) is 5.75 Å². The molecule has 0 bridgehead atoms. The van der Waals surface area contributed by atoms with Gasteiger partial charge in [0.05, 0.1) is 6.61 Å². The zero-order chi connectivity index (χ0) is 13.4. The molecular weight excluding hydrogens is 305 g/mol. The van der Waals surface area contributed by atoms with Gasteiger partial charge in [0.2, 0.25) is 0 Å². The molecule has 0 aliphatic carbocycles. The lowest BCUT2D eigenvalue weighted by Crippen LogP contribution is -2.33. The normalized spacial score (nSPS) is 12.4. The van der Waals surface area contributed by atoms with Crippen LogP contribution in [-0.4, -0.2) is 44.6 Å². The van der Waals surface area contributed by atoms with E-state index in [9.17, 15) is 9.50 Å². The summed E-state index contributed by atoms with van der Waals surface area (Å²) in [5.74, 6) is -0.321. The molecular formula is C12H17BrFNO3. The monoisotopic (exact) mass is 321 g/mol. The van der Waals surface area contributed by atoms with Crippen LogP contribution in [0.15, 0.2) is 22.7 Å². The van der Waals surface area contributed by atoms with E-state index in [4.69, 9.17) is 9.47 Å². The number of hydrogen-bond acceptors (Lipinski definition) is 4. The van der Waals surface area contributed by atoms with Gasteiger partial charge in [0.1, 0.15) is 12.7 Å². The fraction of sp³-hybridized carbons (Fsp3) is 0.500. The van der Waals surface area contributed by atoms with Crippen LogP contribution < -0.4 is 10.1 Å². The Morgan fingerprint density at radius 1 is 1.50 bits per heavy atom. The van der Waals surface area contributed by atoms with E-state index in [1.807, 2.05) is 0 Å². The Morgan fingerprint density at radius 2 is 2.28 bits per heavy atom. The van der Waals surface area contributed by atoms with Gasteiger partial charge < -0.3 is 19.9 Å². The molecule has 0 radical (unpaired) electrons. The van der Waals surface area contributed by atoms with Crippen molar-refractivity contribution in [3.05, 3.63) is 28.5 Å². The van der Waals surface area contributed by atoms with Crippen molar-refractivity contribution in [2.45, 2.75) is 6.10 Å². The maximum absolute atomic E-state index is 13.3. The van der Waals surface area contributed by atoms with E-state index in [0.29, 0.717) is 19.7 Å². The lowest BCUT2D eigenvalue weighted by atomic mass is 10.3. The summed E-state index contributed by atoms with van der Waals surface area (Å²) in [7, 11) is 1.61. The fourth-order valence-electron chi connectivity index (χ4n) is 1.28. The molecule has 1 rings (SSSR count). The van der Waals surface area contributed by atoms with Crippen molar-refractivity contribution in [2.75, 3.05) is 33.4 Å². The molecule has 2 N–H and O–H groups in total. The third-order valence-electron chi connectivity index (χ3n) is 2.19. The number of hydrogen-bond donors (Lipinski definition) is 2. The highest BCUT2D eigenvalue weighted by Gasteiger charge is 2.08. The predicted octanol–water partition coefficient (Wildman–Crippen LogP) is 1.56. The van der Waals surface area contributed by atoms with Crippen LogP contribution in [-0.2, 0) is 4.74 Å². The van der Waals surface area contributed by atoms with E-state index in [1.54, 1.807) is 13.2 Å². The van der Waals surface area contributed by atoms with Crippen LogP contribution in [0.25, 0.3) is 0 Å². The molecule has 1 unspecified atom stereocenters. The maximum Gasteiger partial charge on any atom is 0.165 e. The summed E-state index contributed by atoms with van der Waals surface area (Å²) in [6, 6.07) is 4.42. The first-order valence-corrected chi connectivity index (χ1v) is 6.38. The Balaban J connectivity index is 2.29. The van der Waals surface area contributed by atoms with Crippen LogP contribution in [0.1, 0.15) is 0 Å². The molecule has 1 aromatic rings. The van der Waals surface area contributed by atoms with Crippen LogP contribution in [0.2, 0.25) is 0 Å². The van der Waals surface area contributed by atoms with Crippen molar-refractivity contribution in [1.82, 2.24) is 5.32 Å².